The van der Waals surface area contributed by atoms with Crippen LogP contribution < -0.4 is 0 Å². The lowest BCUT2D eigenvalue weighted by atomic mass is 10.2. The molecule has 1 heterocycles. The molecule has 0 fully saturated rings. The molecule has 5 heteroatoms. The second-order valence-corrected chi connectivity index (χ2v) is 4.03. The third-order valence-corrected chi connectivity index (χ3v) is 2.81. The summed E-state index contributed by atoms with van der Waals surface area (Å²) in [6.45, 7) is 0. The minimum absolute atomic E-state index is 0.112. The van der Waals surface area contributed by atoms with Gasteiger partial charge in [-0.05, 0) is 30.3 Å². The van der Waals surface area contributed by atoms with Crippen LogP contribution in [0.2, 0.25) is 0 Å². The number of nitrogens with one attached hydrogen (secondary N) is 1. The van der Waals surface area contributed by atoms with Crippen LogP contribution in [0.3, 0.4) is 0 Å². The van der Waals surface area contributed by atoms with Gasteiger partial charge in [-0.15, -0.1) is 0 Å². The maximum absolute atomic E-state index is 13.7. The molecule has 0 unspecified atom stereocenters. The topological polar surface area (TPSA) is 52.5 Å². The van der Waals surface area contributed by atoms with Gasteiger partial charge in [0.2, 0.25) is 0 Å². The minimum atomic E-state index is -0.681. The van der Waals surface area contributed by atoms with Crippen molar-refractivity contribution in [2.75, 3.05) is 0 Å². The van der Waals surface area contributed by atoms with Crippen molar-refractivity contribution >= 4 is 11.0 Å². The number of rotatable bonds is 1. The lowest BCUT2D eigenvalue weighted by Crippen LogP contribution is -1.90. The smallest absolute Gasteiger partial charge is 0.144 e. The highest BCUT2D eigenvalue weighted by molar-refractivity contribution is 5.80. The highest BCUT2D eigenvalue weighted by atomic mass is 19.1. The lowest BCUT2D eigenvalue weighted by Gasteiger charge is -2.00. The predicted octanol–water partition coefficient (Wildman–Crippen LogP) is 3.38. The van der Waals surface area contributed by atoms with Gasteiger partial charge in [0, 0.05) is 0 Å². The summed E-state index contributed by atoms with van der Waals surface area (Å²) in [5.74, 6) is -1.25. The molecular formula is C14H7F2N3. The van der Waals surface area contributed by atoms with E-state index in [-0.39, 0.29) is 11.4 Å². The zero-order chi connectivity index (χ0) is 13.4. The molecular weight excluding hydrogens is 248 g/mol. The van der Waals surface area contributed by atoms with E-state index in [1.54, 1.807) is 18.2 Å². The highest BCUT2D eigenvalue weighted by Gasteiger charge is 2.14. The fourth-order valence-electron chi connectivity index (χ4n) is 1.92. The number of hydrogen-bond acceptors (Lipinski definition) is 2. The average molecular weight is 255 g/mol. The fraction of sp³-hybridized carbons (Fsp3) is 0. The van der Waals surface area contributed by atoms with Gasteiger partial charge >= 0.3 is 0 Å². The number of hydrogen-bond donors (Lipinski definition) is 1. The number of fused-ring (bicyclic) bond motifs is 1. The van der Waals surface area contributed by atoms with E-state index >= 15 is 0 Å². The first kappa shape index (κ1) is 11.4. The number of halogens is 2. The van der Waals surface area contributed by atoms with Crippen molar-refractivity contribution in [3.05, 3.63) is 53.6 Å². The second-order valence-electron chi connectivity index (χ2n) is 4.03. The molecule has 1 N–H and O–H groups in total. The first-order chi connectivity index (χ1) is 9.19. The summed E-state index contributed by atoms with van der Waals surface area (Å²) in [7, 11) is 0. The van der Waals surface area contributed by atoms with Gasteiger partial charge in [0.1, 0.15) is 17.5 Å². The summed E-state index contributed by atoms with van der Waals surface area (Å²) in [5, 5.41) is 8.80. The number of benzene rings is 2. The van der Waals surface area contributed by atoms with Gasteiger partial charge in [-0.2, -0.15) is 5.26 Å². The summed E-state index contributed by atoms with van der Waals surface area (Å²) < 4.78 is 27.3. The van der Waals surface area contributed by atoms with Gasteiger partial charge in [-0.1, -0.05) is 6.07 Å². The Kier molecular flexibility index (Phi) is 2.50. The second kappa shape index (κ2) is 4.18. The van der Waals surface area contributed by atoms with Crippen LogP contribution in [-0.2, 0) is 0 Å². The Labute approximate surface area is 107 Å². The van der Waals surface area contributed by atoms with Crippen molar-refractivity contribution in [3.63, 3.8) is 0 Å². The van der Waals surface area contributed by atoms with E-state index in [9.17, 15) is 8.78 Å². The summed E-state index contributed by atoms with van der Waals surface area (Å²) in [6, 6.07) is 10.5. The van der Waals surface area contributed by atoms with Crippen LogP contribution in [0.25, 0.3) is 22.4 Å². The van der Waals surface area contributed by atoms with Crippen molar-refractivity contribution in [2.24, 2.45) is 0 Å². The Balaban J connectivity index is 2.24. The average Bonchev–Trinajstić information content (AvgIpc) is 2.80. The number of nitriles is 1. The van der Waals surface area contributed by atoms with E-state index in [0.717, 1.165) is 0 Å². The molecule has 3 nitrogen and oxygen atoms in total. The van der Waals surface area contributed by atoms with Crippen molar-refractivity contribution in [1.82, 2.24) is 9.97 Å². The Morgan fingerprint density at radius 2 is 1.84 bits per heavy atom. The standard InChI is InChI=1S/C14H7F2N3/c15-9-2-1-3-10(16)13(9)14-18-11-5-4-8(7-17)6-12(11)19-14/h1-6H,(H,18,19). The van der Waals surface area contributed by atoms with Gasteiger partial charge < -0.3 is 4.98 Å². The lowest BCUT2D eigenvalue weighted by molar-refractivity contribution is 0.588. The zero-order valence-electron chi connectivity index (χ0n) is 9.61. The third kappa shape index (κ3) is 1.83. The Morgan fingerprint density at radius 3 is 2.53 bits per heavy atom. The van der Waals surface area contributed by atoms with E-state index in [4.69, 9.17) is 5.26 Å². The van der Waals surface area contributed by atoms with Crippen molar-refractivity contribution in [2.45, 2.75) is 0 Å². The van der Waals surface area contributed by atoms with E-state index in [2.05, 4.69) is 9.97 Å². The van der Waals surface area contributed by atoms with Crippen LogP contribution in [0.4, 0.5) is 8.78 Å². The molecule has 2 aromatic carbocycles. The molecule has 1 aromatic heterocycles. The molecule has 0 amide bonds. The van der Waals surface area contributed by atoms with Crippen LogP contribution in [0.5, 0.6) is 0 Å². The summed E-state index contributed by atoms with van der Waals surface area (Å²) in [5.41, 5.74) is 1.38. The number of nitrogens with zero attached hydrogens (tertiary/aromatic N) is 2. The van der Waals surface area contributed by atoms with Crippen molar-refractivity contribution < 1.29 is 8.78 Å². The van der Waals surface area contributed by atoms with E-state index in [1.807, 2.05) is 6.07 Å². The molecule has 3 rings (SSSR count). The molecule has 0 radical (unpaired) electrons. The Bertz CT molecular complexity index is 795. The predicted molar refractivity (Wildman–Crippen MR) is 66.2 cm³/mol. The fourth-order valence-corrected chi connectivity index (χ4v) is 1.92. The maximum atomic E-state index is 13.7. The van der Waals surface area contributed by atoms with Crippen LogP contribution in [0, 0.1) is 23.0 Å². The molecule has 0 aliphatic heterocycles. The third-order valence-electron chi connectivity index (χ3n) is 2.81. The first-order valence-electron chi connectivity index (χ1n) is 5.53. The summed E-state index contributed by atoms with van der Waals surface area (Å²) in [4.78, 5) is 6.96. The highest BCUT2D eigenvalue weighted by Crippen LogP contribution is 2.26. The van der Waals surface area contributed by atoms with Gasteiger partial charge in [-0.3, -0.25) is 0 Å². The molecule has 0 saturated carbocycles. The minimum Gasteiger partial charge on any atom is -0.338 e. The monoisotopic (exact) mass is 255 g/mol. The van der Waals surface area contributed by atoms with Crippen LogP contribution in [-0.4, -0.2) is 9.97 Å². The number of aromatic nitrogens is 2. The Morgan fingerprint density at radius 1 is 1.11 bits per heavy atom. The molecule has 0 saturated heterocycles. The Hall–Kier alpha value is -2.74. The SMILES string of the molecule is N#Cc1ccc2nc(-c3c(F)cccc3F)[nH]c2c1. The van der Waals surface area contributed by atoms with Crippen molar-refractivity contribution in [1.29, 1.82) is 5.26 Å². The molecule has 0 aliphatic carbocycles. The molecule has 0 atom stereocenters. The quantitative estimate of drug-likeness (QED) is 0.724. The molecule has 0 spiro atoms. The molecule has 0 aliphatic rings. The first-order valence-corrected chi connectivity index (χ1v) is 5.53. The molecule has 19 heavy (non-hydrogen) atoms. The largest absolute Gasteiger partial charge is 0.338 e. The van der Waals surface area contributed by atoms with E-state index < -0.39 is 11.6 Å². The number of aromatic amines is 1. The van der Waals surface area contributed by atoms with Crippen molar-refractivity contribution in [3.8, 4) is 17.5 Å². The zero-order valence-corrected chi connectivity index (χ0v) is 9.61. The van der Waals surface area contributed by atoms with E-state index in [0.29, 0.717) is 16.6 Å². The van der Waals surface area contributed by atoms with Gasteiger partial charge in [0.15, 0.2) is 0 Å². The van der Waals surface area contributed by atoms with Gasteiger partial charge in [0.05, 0.1) is 28.2 Å². The number of imidazole rings is 1. The number of H-pyrrole nitrogens is 1. The maximum Gasteiger partial charge on any atom is 0.144 e. The summed E-state index contributed by atoms with van der Waals surface area (Å²) in [6.07, 6.45) is 0. The molecule has 92 valence electrons. The van der Waals surface area contributed by atoms with Gasteiger partial charge in [-0.25, -0.2) is 13.8 Å². The van der Waals surface area contributed by atoms with Crippen LogP contribution >= 0.6 is 0 Å². The van der Waals surface area contributed by atoms with Crippen LogP contribution in [0.1, 0.15) is 5.56 Å². The summed E-state index contributed by atoms with van der Waals surface area (Å²) >= 11 is 0. The molecule has 0 bridgehead atoms. The van der Waals surface area contributed by atoms with Gasteiger partial charge in [0.25, 0.3) is 0 Å². The molecule has 3 aromatic rings. The van der Waals surface area contributed by atoms with E-state index in [1.165, 1.54) is 18.2 Å². The van der Waals surface area contributed by atoms with Crippen LogP contribution in [0.15, 0.2) is 36.4 Å². The normalized spacial score (nSPS) is 10.6.